The molecule has 4 fully saturated rings. The van der Waals surface area contributed by atoms with Gasteiger partial charge in [0.25, 0.3) is 0 Å². The molecule has 2 saturated carbocycles. The molecule has 0 amide bonds. The van der Waals surface area contributed by atoms with E-state index in [0.29, 0.717) is 17.8 Å². The lowest BCUT2D eigenvalue weighted by molar-refractivity contribution is -0.289. The van der Waals surface area contributed by atoms with E-state index in [1.54, 1.807) is 0 Å². The van der Waals surface area contributed by atoms with Crippen LogP contribution in [0.2, 0.25) is 0 Å². The van der Waals surface area contributed by atoms with Gasteiger partial charge in [-0.25, -0.2) is 14.4 Å². The highest BCUT2D eigenvalue weighted by Gasteiger charge is 2.85. The summed E-state index contributed by atoms with van der Waals surface area (Å²) in [5.41, 5.74) is -3.76. The molecule has 11 nitrogen and oxygen atoms in total. The normalized spacial score (nSPS) is 49.9. The Morgan fingerprint density at radius 2 is 1.92 bits per heavy atom. The lowest BCUT2D eigenvalue weighted by Gasteiger charge is -2.67. The van der Waals surface area contributed by atoms with Crippen molar-refractivity contribution in [1.29, 1.82) is 0 Å². The molecule has 0 aromatic rings. The molecule has 11 heteroatoms. The molecule has 36 heavy (non-hydrogen) atoms. The number of fused-ring (bicyclic) bond motifs is 4. The van der Waals surface area contributed by atoms with Crippen LogP contribution in [0.4, 0.5) is 0 Å². The Labute approximate surface area is 206 Å². The third-order valence-corrected chi connectivity index (χ3v) is 9.73. The Morgan fingerprint density at radius 3 is 2.58 bits per heavy atom. The van der Waals surface area contributed by atoms with Gasteiger partial charge in [-0.2, -0.15) is 0 Å². The molecule has 2 bridgehead atoms. The number of hydrogen-bond acceptors (Lipinski definition) is 11. The van der Waals surface area contributed by atoms with Crippen molar-refractivity contribution in [2.24, 2.45) is 34.5 Å². The second-order valence-corrected chi connectivity index (χ2v) is 11.0. The van der Waals surface area contributed by atoms with Gasteiger partial charge in [-0.3, -0.25) is 4.79 Å². The standard InChI is InChI=1S/C25H28O11/c1-9-5-13-12(7-15(27)35-13)23(3)11(9)6-14-24-8-33-25(22(31)32-4,20(29)16(28)18(23)24)19(24)17(21(30)36-14)34-10(2)26/h5,7,9,11,14,16-20,28-29H,6,8H2,1-4H3/t9-,11+,14-,16-,17-,18-,19-,20+,23-,24-,25-/m1/s1. The molecule has 11 atom stereocenters. The highest BCUT2D eigenvalue weighted by Crippen LogP contribution is 2.74. The number of rotatable bonds is 2. The van der Waals surface area contributed by atoms with E-state index in [4.69, 9.17) is 23.7 Å². The zero-order chi connectivity index (χ0) is 25.9. The second-order valence-electron chi connectivity index (χ2n) is 11.0. The molecule has 0 radical (unpaired) electrons. The van der Waals surface area contributed by atoms with Gasteiger partial charge in [0.2, 0.25) is 11.7 Å². The number of ether oxygens (including phenoxy) is 5. The van der Waals surface area contributed by atoms with Crippen molar-refractivity contribution in [3.63, 3.8) is 0 Å². The van der Waals surface area contributed by atoms with Crippen molar-refractivity contribution in [2.75, 3.05) is 13.7 Å². The molecule has 3 aliphatic carbocycles. The van der Waals surface area contributed by atoms with Gasteiger partial charge in [-0.15, -0.1) is 0 Å². The molecule has 2 N–H and O–H groups in total. The lowest BCUT2D eigenvalue weighted by Crippen LogP contribution is -2.79. The number of hydrogen-bond donors (Lipinski definition) is 2. The van der Waals surface area contributed by atoms with Crippen LogP contribution in [0.1, 0.15) is 27.2 Å². The van der Waals surface area contributed by atoms with Crippen molar-refractivity contribution in [1.82, 2.24) is 0 Å². The fraction of sp³-hybridized carbons (Fsp3) is 0.680. The van der Waals surface area contributed by atoms with E-state index in [1.165, 1.54) is 6.08 Å². The molecule has 6 aliphatic rings. The maximum absolute atomic E-state index is 13.3. The zero-order valence-electron chi connectivity index (χ0n) is 20.3. The van der Waals surface area contributed by atoms with E-state index in [0.717, 1.165) is 14.0 Å². The Hall–Kier alpha value is -2.76. The second kappa shape index (κ2) is 7.17. The predicted octanol–water partition coefficient (Wildman–Crippen LogP) is -0.217. The van der Waals surface area contributed by atoms with Crippen LogP contribution in [0.3, 0.4) is 0 Å². The molecule has 194 valence electrons. The maximum atomic E-state index is 13.3. The Morgan fingerprint density at radius 1 is 1.19 bits per heavy atom. The monoisotopic (exact) mass is 504 g/mol. The smallest absolute Gasteiger partial charge is 0.348 e. The first-order valence-electron chi connectivity index (χ1n) is 12.1. The Balaban J connectivity index is 1.63. The van der Waals surface area contributed by atoms with E-state index in [-0.39, 0.29) is 18.4 Å². The first-order chi connectivity index (χ1) is 16.9. The SMILES string of the molecule is COC(=O)[C@]12OC[C@]34[C@H]([C@@H](O)[C@@H]1O)[C@@]1(C)C5=CC(=O)OC5=C[C@@H](C)[C@@H]1C[C@H]3OC(=O)[C@H](OC(C)=O)[C@@H]24. The number of aliphatic hydroxyl groups is 2. The van der Waals surface area contributed by atoms with Crippen molar-refractivity contribution in [3.8, 4) is 0 Å². The van der Waals surface area contributed by atoms with Crippen LogP contribution in [0, 0.1) is 34.5 Å². The summed E-state index contributed by atoms with van der Waals surface area (Å²) < 4.78 is 27.8. The summed E-state index contributed by atoms with van der Waals surface area (Å²) in [5, 5.41) is 23.3. The molecular formula is C25H28O11. The zero-order valence-corrected chi connectivity index (χ0v) is 20.3. The minimum Gasteiger partial charge on any atom is -0.467 e. The van der Waals surface area contributed by atoms with E-state index in [2.05, 4.69) is 0 Å². The van der Waals surface area contributed by atoms with Gasteiger partial charge < -0.3 is 33.9 Å². The van der Waals surface area contributed by atoms with Crippen molar-refractivity contribution < 1.29 is 53.1 Å². The third kappa shape index (κ3) is 2.44. The Bertz CT molecular complexity index is 1160. The van der Waals surface area contributed by atoms with Crippen LogP contribution in [0.5, 0.6) is 0 Å². The van der Waals surface area contributed by atoms with Gasteiger partial charge in [0.1, 0.15) is 18.0 Å². The number of aliphatic hydroxyl groups excluding tert-OH is 2. The summed E-state index contributed by atoms with van der Waals surface area (Å²) in [6, 6.07) is 0. The van der Waals surface area contributed by atoms with Gasteiger partial charge in [0.05, 0.1) is 25.7 Å². The molecule has 0 unspecified atom stereocenters. The molecular weight excluding hydrogens is 476 g/mol. The summed E-state index contributed by atoms with van der Waals surface area (Å²) in [6.45, 7) is 4.81. The predicted molar refractivity (Wildman–Crippen MR) is 115 cm³/mol. The number of esters is 4. The number of allylic oxidation sites excluding steroid dienone is 2. The van der Waals surface area contributed by atoms with Gasteiger partial charge in [0.15, 0.2) is 0 Å². The van der Waals surface area contributed by atoms with Gasteiger partial charge >= 0.3 is 23.9 Å². The number of carbonyl (C=O) groups excluding carboxylic acids is 4. The molecule has 0 aromatic heterocycles. The van der Waals surface area contributed by atoms with Crippen LogP contribution < -0.4 is 0 Å². The van der Waals surface area contributed by atoms with Gasteiger partial charge in [-0.05, 0) is 24.3 Å². The number of carbonyl (C=O) groups is 4. The van der Waals surface area contributed by atoms with Crippen molar-refractivity contribution in [3.05, 3.63) is 23.5 Å². The quantitative estimate of drug-likeness (QED) is 0.379. The lowest BCUT2D eigenvalue weighted by atomic mass is 9.37. The van der Waals surface area contributed by atoms with Gasteiger partial charge in [0, 0.05) is 35.3 Å². The summed E-state index contributed by atoms with van der Waals surface area (Å²) in [7, 11) is 1.11. The topological polar surface area (TPSA) is 155 Å². The van der Waals surface area contributed by atoms with Crippen LogP contribution in [0.15, 0.2) is 23.5 Å². The van der Waals surface area contributed by atoms with E-state index in [1.807, 2.05) is 19.9 Å². The highest BCUT2D eigenvalue weighted by atomic mass is 16.6. The first kappa shape index (κ1) is 23.6. The minimum atomic E-state index is -2.17. The van der Waals surface area contributed by atoms with Crippen LogP contribution >= 0.6 is 0 Å². The molecule has 1 spiro atoms. The van der Waals surface area contributed by atoms with Crippen molar-refractivity contribution in [2.45, 2.75) is 57.2 Å². The molecule has 3 heterocycles. The van der Waals surface area contributed by atoms with Crippen LogP contribution in [0.25, 0.3) is 0 Å². The highest BCUT2D eigenvalue weighted by molar-refractivity contribution is 5.90. The van der Waals surface area contributed by atoms with Crippen LogP contribution in [-0.2, 0) is 42.9 Å². The molecule has 0 aromatic carbocycles. The Kier molecular flexibility index (Phi) is 4.71. The third-order valence-electron chi connectivity index (χ3n) is 9.73. The molecule has 6 rings (SSSR count). The van der Waals surface area contributed by atoms with Gasteiger partial charge in [-0.1, -0.05) is 13.8 Å². The van der Waals surface area contributed by atoms with Crippen molar-refractivity contribution >= 4 is 23.9 Å². The maximum Gasteiger partial charge on any atom is 0.348 e. The summed E-state index contributed by atoms with van der Waals surface area (Å²) >= 11 is 0. The summed E-state index contributed by atoms with van der Waals surface area (Å²) in [6.07, 6.45) is -2.16. The molecule has 2 saturated heterocycles. The first-order valence-corrected chi connectivity index (χ1v) is 12.1. The average molecular weight is 504 g/mol. The largest absolute Gasteiger partial charge is 0.467 e. The summed E-state index contributed by atoms with van der Waals surface area (Å²) in [5.74, 6) is -5.15. The fourth-order valence-corrected chi connectivity index (χ4v) is 8.64. The summed E-state index contributed by atoms with van der Waals surface area (Å²) in [4.78, 5) is 50.9. The average Bonchev–Trinajstić information content (AvgIpc) is 3.34. The van der Waals surface area contributed by atoms with E-state index >= 15 is 0 Å². The minimum absolute atomic E-state index is 0.132. The number of methoxy groups -OCH3 is 1. The van der Waals surface area contributed by atoms with E-state index < -0.39 is 76.6 Å². The van der Waals surface area contributed by atoms with Crippen LogP contribution in [-0.4, -0.2) is 77.8 Å². The molecule has 3 aliphatic heterocycles. The fourth-order valence-electron chi connectivity index (χ4n) is 8.64. The van der Waals surface area contributed by atoms with E-state index in [9.17, 15) is 29.4 Å².